The number of allylic oxidation sites excluding steroid dienone is 4. The van der Waals surface area contributed by atoms with Crippen LogP contribution in [0, 0.1) is 11.3 Å². The second-order valence-electron chi connectivity index (χ2n) is 6.60. The molecule has 1 aliphatic carbocycles. The van der Waals surface area contributed by atoms with Gasteiger partial charge in [-0.15, -0.1) is 0 Å². The van der Waals surface area contributed by atoms with Crippen molar-refractivity contribution in [1.82, 2.24) is 0 Å². The lowest BCUT2D eigenvalue weighted by Gasteiger charge is -2.28. The van der Waals surface area contributed by atoms with E-state index in [2.05, 4.69) is 13.0 Å². The third-order valence-corrected chi connectivity index (χ3v) is 4.80. The van der Waals surface area contributed by atoms with Gasteiger partial charge in [-0.05, 0) is 35.6 Å². The maximum atomic E-state index is 15.7. The summed E-state index contributed by atoms with van der Waals surface area (Å²) in [4.78, 5) is 0. The Kier molecular flexibility index (Phi) is 5.32. The molecule has 3 rings (SSSR count). The minimum Gasteiger partial charge on any atom is -0.230 e. The predicted octanol–water partition coefficient (Wildman–Crippen LogP) is 6.57. The van der Waals surface area contributed by atoms with Crippen LogP contribution in [0.3, 0.4) is 0 Å². The first kappa shape index (κ1) is 18.1. The molecule has 0 radical (unpaired) electrons. The van der Waals surface area contributed by atoms with E-state index < -0.39 is 11.5 Å². The Morgan fingerprint density at radius 3 is 2.73 bits per heavy atom. The van der Waals surface area contributed by atoms with Crippen molar-refractivity contribution in [2.45, 2.75) is 38.3 Å². The SMILES string of the molecule is CCCCc1cccc(-c2ccccc2C2(F)CC=CC(C#N)=C2F)c1. The van der Waals surface area contributed by atoms with E-state index in [0.717, 1.165) is 24.8 Å². The molecule has 1 nitrogen and oxygen atoms in total. The Morgan fingerprint density at radius 2 is 1.96 bits per heavy atom. The average Bonchev–Trinajstić information content (AvgIpc) is 2.69. The topological polar surface area (TPSA) is 23.8 Å². The van der Waals surface area contributed by atoms with E-state index in [9.17, 15) is 4.39 Å². The molecule has 1 aliphatic rings. The summed E-state index contributed by atoms with van der Waals surface area (Å²) in [6.45, 7) is 2.14. The van der Waals surface area contributed by atoms with Crippen molar-refractivity contribution in [2.24, 2.45) is 0 Å². The Hall–Kier alpha value is -2.73. The lowest BCUT2D eigenvalue weighted by Crippen LogP contribution is -2.24. The summed E-state index contributed by atoms with van der Waals surface area (Å²) in [5.41, 5.74) is 0.426. The number of hydrogen-bond donors (Lipinski definition) is 0. The second-order valence-corrected chi connectivity index (χ2v) is 6.60. The van der Waals surface area contributed by atoms with Gasteiger partial charge in [-0.1, -0.05) is 68.0 Å². The first-order chi connectivity index (χ1) is 12.6. The van der Waals surface area contributed by atoms with Crippen molar-refractivity contribution in [3.63, 3.8) is 0 Å². The van der Waals surface area contributed by atoms with Gasteiger partial charge in [0.1, 0.15) is 6.07 Å². The number of nitrogens with zero attached hydrogens (tertiary/aromatic N) is 1. The molecule has 2 aromatic rings. The van der Waals surface area contributed by atoms with Gasteiger partial charge in [-0.2, -0.15) is 5.26 Å². The Labute approximate surface area is 153 Å². The van der Waals surface area contributed by atoms with Gasteiger partial charge in [0, 0.05) is 12.0 Å². The van der Waals surface area contributed by atoms with E-state index in [0.29, 0.717) is 5.56 Å². The normalized spacial score (nSPS) is 19.5. The van der Waals surface area contributed by atoms with Crippen LogP contribution in [0.5, 0.6) is 0 Å². The molecular weight excluding hydrogens is 328 g/mol. The molecule has 3 heteroatoms. The van der Waals surface area contributed by atoms with Crippen molar-refractivity contribution in [2.75, 3.05) is 0 Å². The van der Waals surface area contributed by atoms with E-state index in [-0.39, 0.29) is 17.6 Å². The number of rotatable bonds is 5. The van der Waals surface area contributed by atoms with Crippen LogP contribution in [0.25, 0.3) is 11.1 Å². The summed E-state index contributed by atoms with van der Waals surface area (Å²) in [5, 5.41) is 9.08. The zero-order valence-corrected chi connectivity index (χ0v) is 14.8. The molecule has 0 saturated carbocycles. The molecule has 0 bridgehead atoms. The molecule has 0 heterocycles. The third kappa shape index (κ3) is 3.32. The van der Waals surface area contributed by atoms with Crippen LogP contribution in [0.2, 0.25) is 0 Å². The van der Waals surface area contributed by atoms with E-state index >= 15 is 4.39 Å². The molecule has 0 aliphatic heterocycles. The Morgan fingerprint density at radius 1 is 1.15 bits per heavy atom. The zero-order chi connectivity index (χ0) is 18.6. The molecule has 0 saturated heterocycles. The highest BCUT2D eigenvalue weighted by molar-refractivity contribution is 5.70. The fourth-order valence-corrected chi connectivity index (χ4v) is 3.39. The number of aryl methyl sites for hydroxylation is 1. The number of hydrogen-bond acceptors (Lipinski definition) is 1. The lowest BCUT2D eigenvalue weighted by atomic mass is 9.81. The van der Waals surface area contributed by atoms with Crippen molar-refractivity contribution in [3.05, 3.63) is 83.2 Å². The minimum atomic E-state index is -2.31. The average molecular weight is 349 g/mol. The second kappa shape index (κ2) is 7.66. The van der Waals surface area contributed by atoms with Gasteiger partial charge in [0.05, 0.1) is 5.57 Å². The molecule has 1 unspecified atom stereocenters. The molecule has 0 spiro atoms. The number of benzene rings is 2. The van der Waals surface area contributed by atoms with Crippen molar-refractivity contribution >= 4 is 0 Å². The van der Waals surface area contributed by atoms with Crippen LogP contribution in [-0.2, 0) is 12.1 Å². The van der Waals surface area contributed by atoms with Crippen LogP contribution in [0.4, 0.5) is 8.78 Å². The summed E-state index contributed by atoms with van der Waals surface area (Å²) < 4.78 is 30.5. The van der Waals surface area contributed by atoms with Gasteiger partial charge >= 0.3 is 0 Å². The van der Waals surface area contributed by atoms with Crippen molar-refractivity contribution in [1.29, 1.82) is 5.26 Å². The highest BCUT2D eigenvalue weighted by atomic mass is 19.2. The molecule has 132 valence electrons. The maximum Gasteiger partial charge on any atom is 0.192 e. The Bertz CT molecular complexity index is 904. The zero-order valence-electron chi connectivity index (χ0n) is 14.8. The number of halogens is 2. The predicted molar refractivity (Wildman–Crippen MR) is 101 cm³/mol. The van der Waals surface area contributed by atoms with Crippen molar-refractivity contribution in [3.8, 4) is 17.2 Å². The van der Waals surface area contributed by atoms with Crippen LogP contribution < -0.4 is 0 Å². The molecule has 0 fully saturated rings. The van der Waals surface area contributed by atoms with Gasteiger partial charge in [-0.3, -0.25) is 0 Å². The third-order valence-electron chi connectivity index (χ3n) is 4.80. The van der Waals surface area contributed by atoms with Crippen LogP contribution >= 0.6 is 0 Å². The molecule has 0 N–H and O–H groups in total. The molecule has 2 aromatic carbocycles. The smallest absolute Gasteiger partial charge is 0.192 e. The summed E-state index contributed by atoms with van der Waals surface area (Å²) in [7, 11) is 0. The molecule has 0 amide bonds. The van der Waals surface area contributed by atoms with Gasteiger partial charge in [0.2, 0.25) is 0 Å². The quantitative estimate of drug-likeness (QED) is 0.599. The summed E-state index contributed by atoms with van der Waals surface area (Å²) in [6.07, 6.45) is 5.91. The summed E-state index contributed by atoms with van der Waals surface area (Å²) in [5.74, 6) is -1.00. The molecular formula is C23H21F2N. The minimum absolute atomic E-state index is 0.115. The molecule has 26 heavy (non-hydrogen) atoms. The Balaban J connectivity index is 2.09. The monoisotopic (exact) mass is 349 g/mol. The molecule has 1 atom stereocenters. The standard InChI is InChI=1S/C23H21F2N/c1-2-3-8-17-9-6-10-18(15-17)20-12-4-5-13-21(20)23(25)14-7-11-19(16-26)22(23)24/h4-7,9-13,15H,2-3,8,14H2,1H3. The van der Waals surface area contributed by atoms with Crippen LogP contribution in [0.1, 0.15) is 37.3 Å². The van der Waals surface area contributed by atoms with E-state index in [1.807, 2.05) is 30.3 Å². The number of unbranched alkanes of at least 4 members (excludes halogenated alkanes) is 1. The van der Waals surface area contributed by atoms with Crippen molar-refractivity contribution < 1.29 is 8.78 Å². The number of nitriles is 1. The van der Waals surface area contributed by atoms with E-state index in [1.54, 1.807) is 18.2 Å². The largest absolute Gasteiger partial charge is 0.230 e. The maximum absolute atomic E-state index is 15.7. The van der Waals surface area contributed by atoms with Crippen LogP contribution in [0.15, 0.2) is 72.1 Å². The van der Waals surface area contributed by atoms with Gasteiger partial charge in [0.25, 0.3) is 0 Å². The highest BCUT2D eigenvalue weighted by Crippen LogP contribution is 2.46. The fraction of sp³-hybridized carbons (Fsp3) is 0.261. The number of alkyl halides is 1. The van der Waals surface area contributed by atoms with Gasteiger partial charge < -0.3 is 0 Å². The molecule has 0 aromatic heterocycles. The van der Waals surface area contributed by atoms with E-state index in [1.165, 1.54) is 17.7 Å². The first-order valence-corrected chi connectivity index (χ1v) is 8.94. The van der Waals surface area contributed by atoms with Gasteiger partial charge in [-0.25, -0.2) is 8.78 Å². The van der Waals surface area contributed by atoms with Crippen LogP contribution in [-0.4, -0.2) is 0 Å². The summed E-state index contributed by atoms with van der Waals surface area (Å²) >= 11 is 0. The summed E-state index contributed by atoms with van der Waals surface area (Å²) in [6, 6.07) is 16.7. The lowest BCUT2D eigenvalue weighted by molar-refractivity contribution is 0.176. The highest BCUT2D eigenvalue weighted by Gasteiger charge is 2.41. The van der Waals surface area contributed by atoms with E-state index in [4.69, 9.17) is 5.26 Å². The fourth-order valence-electron chi connectivity index (χ4n) is 3.39. The van der Waals surface area contributed by atoms with Gasteiger partial charge in [0.15, 0.2) is 11.5 Å². The first-order valence-electron chi connectivity index (χ1n) is 8.94.